The van der Waals surface area contributed by atoms with Crippen LogP contribution in [0, 0.1) is 0 Å². The number of nitrogens with one attached hydrogen (secondary N) is 1. The van der Waals surface area contributed by atoms with Crippen LogP contribution in [-0.4, -0.2) is 121 Å². The zero-order valence-corrected chi connectivity index (χ0v) is 29.6. The number of fused-ring (bicyclic) bond motifs is 2. The number of nitrogen functional groups attached to an aromatic ring is 2. The zero-order valence-electron chi connectivity index (χ0n) is 26.9. The van der Waals surface area contributed by atoms with Crippen LogP contribution in [0.4, 0.5) is 11.9 Å². The monoisotopic (exact) mass is 816 g/mol. The van der Waals surface area contributed by atoms with Gasteiger partial charge in [-0.05, 0) is 0 Å². The van der Waals surface area contributed by atoms with Crippen molar-refractivity contribution in [2.45, 2.75) is 49.1 Å². The average Bonchev–Trinajstić information content (AvgIpc) is 3.76. The molecule has 5 unspecified atom stereocenters. The normalized spacial score (nSPS) is 29.7. The minimum absolute atomic E-state index is 0.0000824. The number of rotatable bonds is 13. The lowest BCUT2D eigenvalue weighted by atomic mass is 10.1. The molecule has 0 aromatic carbocycles. The number of ether oxygens (including phenoxy) is 3. The second-order valence-corrected chi connectivity index (χ2v) is 16.1. The van der Waals surface area contributed by atoms with Crippen LogP contribution in [0.1, 0.15) is 12.5 Å². The minimum atomic E-state index is -5.98. The standard InChI is InChI=1S/C22H31N10O18P3/c1-30-6-32(16-10(30)18(37)29-22(24)27-16)20-13(35)14(44-2)8(48-20)4-46-52(40,41)50-53(42,43)49-51(38,39)45-3-7-11(33)12(34)19(47-7)31-5-25-9-15(31)26-21(23)28-17(9)36/h5-8,11-14,19-20,33-35H,3-4H2,1-2H3,(H8-,23,24,26,27,28,29,36,37,38,39,40,41,42,43)/t7-,8-,11?,12+,13+,14?,19-,20-/m1/s1. The van der Waals surface area contributed by atoms with Crippen molar-refractivity contribution >= 4 is 57.7 Å². The van der Waals surface area contributed by atoms with Gasteiger partial charge in [0.25, 0.3) is 11.5 Å². The molecule has 0 aliphatic carbocycles. The summed E-state index contributed by atoms with van der Waals surface area (Å²) in [6.07, 6.45) is -9.80. The van der Waals surface area contributed by atoms with Gasteiger partial charge in [-0.1, -0.05) is 4.98 Å². The molecule has 11 N–H and O–H groups in total. The number of phosphoric acid groups is 3. The van der Waals surface area contributed by atoms with Crippen LogP contribution in [0.5, 0.6) is 5.88 Å². The molecule has 2 aliphatic rings. The molecule has 0 bridgehead atoms. The number of nitrogens with two attached hydrogens (primary N) is 2. The smallest absolute Gasteiger partial charge is 0.490 e. The van der Waals surface area contributed by atoms with Gasteiger partial charge in [0.15, 0.2) is 29.2 Å². The highest BCUT2D eigenvalue weighted by Crippen LogP contribution is 2.67. The molecule has 0 radical (unpaired) electrons. The topological polar surface area (TPSA) is 410 Å². The minimum Gasteiger partial charge on any atom is -0.856 e. The molecule has 292 valence electrons. The summed E-state index contributed by atoms with van der Waals surface area (Å²) < 4.78 is 75.2. The summed E-state index contributed by atoms with van der Waals surface area (Å²) in [6.45, 7) is -2.03. The van der Waals surface area contributed by atoms with Crippen LogP contribution in [0.15, 0.2) is 17.4 Å². The van der Waals surface area contributed by atoms with Crippen LogP contribution in [0.25, 0.3) is 22.3 Å². The molecule has 0 saturated carbocycles. The number of aliphatic hydroxyl groups is 3. The number of aliphatic hydroxyl groups excluding tert-OH is 3. The zero-order chi connectivity index (χ0) is 38.8. The maximum Gasteiger partial charge on any atom is 0.490 e. The van der Waals surface area contributed by atoms with Crippen molar-refractivity contribution in [2.24, 2.45) is 7.05 Å². The highest BCUT2D eigenvalue weighted by molar-refractivity contribution is 7.66. The van der Waals surface area contributed by atoms with Crippen molar-refractivity contribution < 1.29 is 85.2 Å². The Hall–Kier alpha value is -3.53. The maximum absolute atomic E-state index is 12.6. The highest BCUT2D eigenvalue weighted by atomic mass is 31.3. The van der Waals surface area contributed by atoms with Crippen LogP contribution in [-0.2, 0) is 52.6 Å². The molecule has 31 heteroatoms. The van der Waals surface area contributed by atoms with Gasteiger partial charge in [-0.25, -0.2) is 28.2 Å². The van der Waals surface area contributed by atoms with Crippen LogP contribution < -0.4 is 26.7 Å². The predicted molar refractivity (Wildman–Crippen MR) is 165 cm³/mol. The fourth-order valence-corrected chi connectivity index (χ4v) is 9.19. The van der Waals surface area contributed by atoms with Crippen molar-refractivity contribution in [1.82, 2.24) is 34.1 Å². The Morgan fingerprint density at radius 2 is 1.60 bits per heavy atom. The van der Waals surface area contributed by atoms with Gasteiger partial charge in [0.1, 0.15) is 36.6 Å². The van der Waals surface area contributed by atoms with E-state index in [4.69, 9.17) is 30.2 Å². The van der Waals surface area contributed by atoms with E-state index in [9.17, 15) is 53.6 Å². The molecular weight excluding hydrogens is 785 g/mol. The van der Waals surface area contributed by atoms with Gasteiger partial charge in [0.05, 0.1) is 26.6 Å². The molecule has 28 nitrogen and oxygen atoms in total. The summed E-state index contributed by atoms with van der Waals surface area (Å²) >= 11 is 0. The molecule has 6 rings (SSSR count). The van der Waals surface area contributed by atoms with Gasteiger partial charge < -0.3 is 60.8 Å². The predicted octanol–water partition coefficient (Wildman–Crippen LogP) is -4.11. The van der Waals surface area contributed by atoms with Crippen molar-refractivity contribution in [3.8, 4) is 5.88 Å². The molecule has 4 aromatic heterocycles. The SMILES string of the molecule is COC1[C@@H](COP(=O)(O)OP(=O)(O)OP(=O)(O)OC[C@H]2O[C@@H](n3cnc4c(=O)[nH]c(N)nc43)[C@@H](O)C2O)O[C@@H]([n+]2cn(C)c3c([O-])nc(N)nc32)[C@H]1O. The van der Waals surface area contributed by atoms with Crippen LogP contribution in [0.2, 0.25) is 0 Å². The fourth-order valence-electron chi connectivity index (χ4n) is 5.67. The Morgan fingerprint density at radius 1 is 0.962 bits per heavy atom. The van der Waals surface area contributed by atoms with Crippen LogP contribution >= 0.6 is 23.5 Å². The van der Waals surface area contributed by atoms with Gasteiger partial charge >= 0.3 is 29.1 Å². The van der Waals surface area contributed by atoms with E-state index in [1.165, 1.54) is 22.5 Å². The molecule has 4 aromatic rings. The molecule has 11 atom stereocenters. The molecule has 0 spiro atoms. The number of phosphoric ester groups is 2. The number of methoxy groups -OCH3 is 1. The number of imidazole rings is 2. The van der Waals surface area contributed by atoms with E-state index in [2.05, 4.69) is 38.1 Å². The van der Waals surface area contributed by atoms with E-state index >= 15 is 0 Å². The Bertz CT molecular complexity index is 2230. The summed E-state index contributed by atoms with van der Waals surface area (Å²) in [4.78, 5) is 59.8. The van der Waals surface area contributed by atoms with E-state index < -0.39 is 97.2 Å². The van der Waals surface area contributed by atoms with E-state index in [-0.39, 0.29) is 34.2 Å². The first-order valence-electron chi connectivity index (χ1n) is 14.7. The third kappa shape index (κ3) is 7.85. The Labute approximate surface area is 293 Å². The number of H-pyrrole nitrogens is 1. The number of nitrogens with zero attached hydrogens (tertiary/aromatic N) is 7. The Balaban J connectivity index is 1.06. The van der Waals surface area contributed by atoms with E-state index in [0.717, 1.165) is 18.0 Å². The van der Waals surface area contributed by atoms with Crippen molar-refractivity contribution in [1.29, 1.82) is 0 Å². The molecule has 2 saturated heterocycles. The molecule has 2 aliphatic heterocycles. The van der Waals surface area contributed by atoms with E-state index in [0.29, 0.717) is 0 Å². The first-order valence-corrected chi connectivity index (χ1v) is 19.2. The lowest BCUT2D eigenvalue weighted by Gasteiger charge is -2.21. The van der Waals surface area contributed by atoms with Gasteiger partial charge in [-0.2, -0.15) is 13.6 Å². The number of aryl methyl sites for hydroxylation is 1. The molecule has 53 heavy (non-hydrogen) atoms. The highest BCUT2D eigenvalue weighted by Gasteiger charge is 2.50. The van der Waals surface area contributed by atoms with Crippen molar-refractivity contribution in [3.05, 3.63) is 23.0 Å². The summed E-state index contributed by atoms with van der Waals surface area (Å²) in [5.41, 5.74) is 10.1. The third-order valence-electron chi connectivity index (χ3n) is 7.88. The largest absolute Gasteiger partial charge is 0.856 e. The molecule has 2 fully saturated rings. The second-order valence-electron chi connectivity index (χ2n) is 11.4. The summed E-state index contributed by atoms with van der Waals surface area (Å²) in [5.74, 6) is -1.40. The number of aromatic amines is 1. The van der Waals surface area contributed by atoms with Gasteiger partial charge in [-0.15, -0.1) is 0 Å². The van der Waals surface area contributed by atoms with Crippen molar-refractivity contribution in [3.63, 3.8) is 0 Å². The lowest BCUT2D eigenvalue weighted by molar-refractivity contribution is -0.745. The number of hydrogen-bond acceptors (Lipinski definition) is 21. The van der Waals surface area contributed by atoms with Gasteiger partial charge in [-0.3, -0.25) is 28.0 Å². The Morgan fingerprint density at radius 3 is 2.25 bits per heavy atom. The van der Waals surface area contributed by atoms with E-state index in [1.807, 2.05) is 0 Å². The number of hydrogen-bond donors (Lipinski definition) is 9. The van der Waals surface area contributed by atoms with Gasteiger partial charge in [0.2, 0.25) is 12.2 Å². The lowest BCUT2D eigenvalue weighted by Crippen LogP contribution is -2.46. The first kappa shape index (κ1) is 39.2. The van der Waals surface area contributed by atoms with Crippen molar-refractivity contribution in [2.75, 3.05) is 31.8 Å². The van der Waals surface area contributed by atoms with E-state index in [1.54, 1.807) is 0 Å². The average molecular weight is 816 g/mol. The van der Waals surface area contributed by atoms with Gasteiger partial charge in [0, 0.05) is 13.0 Å². The summed E-state index contributed by atoms with van der Waals surface area (Å²) in [5, 5.41) is 44.2. The quantitative estimate of drug-likeness (QED) is 0.0457. The molecule has 0 amide bonds. The Kier molecular flexibility index (Phi) is 10.6. The number of aromatic nitrogens is 8. The summed E-state index contributed by atoms with van der Waals surface area (Å²) in [7, 11) is -14.7. The molecular formula is C22H31N10O18P3. The first-order chi connectivity index (χ1) is 24.7. The van der Waals surface area contributed by atoms with Crippen LogP contribution in [0.3, 0.4) is 0 Å². The third-order valence-corrected chi connectivity index (χ3v) is 12.1. The fraction of sp³-hybridized carbons (Fsp3) is 0.545. The maximum atomic E-state index is 12.6. The second kappa shape index (κ2) is 14.3. The molecule has 6 heterocycles. The summed E-state index contributed by atoms with van der Waals surface area (Å²) in [6, 6.07) is 0. The number of anilines is 2.